The topological polar surface area (TPSA) is 87.7 Å². The number of rotatable bonds is 8. The highest BCUT2D eigenvalue weighted by Crippen LogP contribution is 2.33. The van der Waals surface area contributed by atoms with E-state index in [-0.39, 0.29) is 12.4 Å². The molecule has 226 valence electrons. The molecular formula is C33H31ClFN5O3S. The van der Waals surface area contributed by atoms with Crippen LogP contribution in [0.15, 0.2) is 96.0 Å². The molecule has 8 nitrogen and oxygen atoms in total. The molecular weight excluding hydrogens is 601 g/mol. The molecule has 1 saturated heterocycles. The third-order valence-electron chi connectivity index (χ3n) is 7.64. The van der Waals surface area contributed by atoms with Crippen molar-refractivity contribution < 1.29 is 17.5 Å². The number of ether oxygens (including phenoxy) is 1. The zero-order valence-corrected chi connectivity index (χ0v) is 25.7. The summed E-state index contributed by atoms with van der Waals surface area (Å²) in [6.45, 7) is 2.79. The molecule has 0 aliphatic carbocycles. The van der Waals surface area contributed by atoms with Crippen LogP contribution >= 0.6 is 11.6 Å². The smallest absolute Gasteiger partial charge is 0.243 e. The van der Waals surface area contributed by atoms with Gasteiger partial charge in [0.15, 0.2) is 5.82 Å². The van der Waals surface area contributed by atoms with Gasteiger partial charge in [0.25, 0.3) is 0 Å². The molecule has 1 aliphatic rings. The Bertz CT molecular complexity index is 1910. The zero-order valence-electron chi connectivity index (χ0n) is 24.1. The maximum absolute atomic E-state index is 13.5. The monoisotopic (exact) mass is 631 g/mol. The van der Waals surface area contributed by atoms with Gasteiger partial charge in [-0.15, -0.1) is 5.10 Å². The Hall–Kier alpha value is -4.09. The van der Waals surface area contributed by atoms with Crippen molar-refractivity contribution in [2.45, 2.75) is 17.9 Å². The Morgan fingerprint density at radius 2 is 1.75 bits per heavy atom. The normalized spacial score (nSPS) is 14.8. The van der Waals surface area contributed by atoms with Crippen molar-refractivity contribution in [1.82, 2.24) is 19.4 Å². The first-order chi connectivity index (χ1) is 21.3. The summed E-state index contributed by atoms with van der Waals surface area (Å²) in [5.41, 5.74) is 3.18. The number of benzene rings is 4. The third-order valence-corrected chi connectivity index (χ3v) is 9.85. The summed E-state index contributed by atoms with van der Waals surface area (Å²) >= 11 is 6.50. The van der Waals surface area contributed by atoms with Gasteiger partial charge in [-0.2, -0.15) is 9.40 Å². The van der Waals surface area contributed by atoms with E-state index in [1.165, 1.54) is 12.1 Å². The van der Waals surface area contributed by atoms with Crippen LogP contribution < -0.4 is 10.1 Å². The number of hydrogen-bond acceptors (Lipinski definition) is 7. The number of halogens is 2. The van der Waals surface area contributed by atoms with Gasteiger partial charge in [-0.3, -0.25) is 0 Å². The van der Waals surface area contributed by atoms with E-state index >= 15 is 0 Å². The first-order valence-electron chi connectivity index (χ1n) is 14.2. The number of fused-ring (bicyclic) bond motifs is 1. The molecule has 44 heavy (non-hydrogen) atoms. The summed E-state index contributed by atoms with van der Waals surface area (Å²) in [6, 6.07) is 24.5. The van der Waals surface area contributed by atoms with Gasteiger partial charge in [0.05, 0.1) is 16.1 Å². The molecule has 0 unspecified atom stereocenters. The molecule has 4 aromatic carbocycles. The molecule has 1 fully saturated rings. The van der Waals surface area contributed by atoms with Crippen LogP contribution in [0.1, 0.15) is 12.0 Å². The number of anilines is 2. The Morgan fingerprint density at radius 1 is 0.932 bits per heavy atom. The highest BCUT2D eigenvalue weighted by Gasteiger charge is 2.26. The van der Waals surface area contributed by atoms with Crippen molar-refractivity contribution in [2.75, 3.05) is 38.5 Å². The summed E-state index contributed by atoms with van der Waals surface area (Å²) in [5.74, 6) is 0.693. The van der Waals surface area contributed by atoms with Gasteiger partial charge >= 0.3 is 0 Å². The lowest BCUT2D eigenvalue weighted by Crippen LogP contribution is -2.34. The van der Waals surface area contributed by atoms with Gasteiger partial charge in [0.1, 0.15) is 18.2 Å². The van der Waals surface area contributed by atoms with E-state index in [2.05, 4.69) is 20.4 Å². The van der Waals surface area contributed by atoms with E-state index in [0.29, 0.717) is 52.4 Å². The molecule has 0 saturated carbocycles. The van der Waals surface area contributed by atoms with Crippen LogP contribution in [-0.2, 0) is 16.6 Å². The molecule has 0 amide bonds. The first-order valence-corrected chi connectivity index (χ1v) is 16.1. The lowest BCUT2D eigenvalue weighted by molar-refractivity contribution is 0.306. The fourth-order valence-corrected chi connectivity index (χ4v) is 6.91. The third kappa shape index (κ3) is 6.68. The van der Waals surface area contributed by atoms with Crippen molar-refractivity contribution >= 4 is 43.9 Å². The van der Waals surface area contributed by atoms with Crippen LogP contribution in [0.2, 0.25) is 5.02 Å². The lowest BCUT2D eigenvalue weighted by atomic mass is 10.0. The molecule has 1 aromatic heterocycles. The van der Waals surface area contributed by atoms with Crippen molar-refractivity contribution in [3.63, 3.8) is 0 Å². The number of aromatic nitrogens is 2. The molecule has 0 spiro atoms. The maximum atomic E-state index is 13.5. The Kier molecular flexibility index (Phi) is 8.76. The van der Waals surface area contributed by atoms with E-state index < -0.39 is 10.0 Å². The van der Waals surface area contributed by atoms with Gasteiger partial charge in [0.2, 0.25) is 10.0 Å². The van der Waals surface area contributed by atoms with Crippen LogP contribution in [0.4, 0.5) is 15.9 Å². The number of hydrogen-bond donors (Lipinski definition) is 1. The van der Waals surface area contributed by atoms with Gasteiger partial charge in [-0.1, -0.05) is 48.0 Å². The standard InChI is InChI=1S/C33H31ClFN5O3S/c1-39-14-3-15-40(17-16-39)44(41,42)29-11-8-24(9-12-29)25-6-7-26-21-36-38-33(30(26)19-25)37-28-10-13-32(31(34)20-28)43-22-23-4-2-5-27(35)18-23/h2,4-13,18-21H,3,14-17,22H2,1H3,(H,37,38). The first kappa shape index (κ1) is 30.0. The van der Waals surface area contributed by atoms with E-state index in [0.717, 1.165) is 34.9 Å². The summed E-state index contributed by atoms with van der Waals surface area (Å²) < 4.78 is 47.5. The second kappa shape index (κ2) is 12.9. The summed E-state index contributed by atoms with van der Waals surface area (Å²) in [5, 5.41) is 13.9. The van der Waals surface area contributed by atoms with E-state index in [1.807, 2.05) is 43.4 Å². The van der Waals surface area contributed by atoms with E-state index in [1.54, 1.807) is 46.9 Å². The van der Waals surface area contributed by atoms with E-state index in [4.69, 9.17) is 16.3 Å². The second-order valence-electron chi connectivity index (χ2n) is 10.8. The second-order valence-corrected chi connectivity index (χ2v) is 13.1. The molecule has 6 rings (SSSR count). The fraction of sp³-hybridized carbons (Fsp3) is 0.212. The van der Waals surface area contributed by atoms with Crippen molar-refractivity contribution in [1.29, 1.82) is 0 Å². The molecule has 0 radical (unpaired) electrons. The minimum atomic E-state index is -3.57. The van der Waals surface area contributed by atoms with Crippen molar-refractivity contribution in [3.05, 3.63) is 108 Å². The highest BCUT2D eigenvalue weighted by molar-refractivity contribution is 7.89. The van der Waals surface area contributed by atoms with Crippen molar-refractivity contribution in [3.8, 4) is 16.9 Å². The van der Waals surface area contributed by atoms with Crippen LogP contribution in [0.25, 0.3) is 21.9 Å². The van der Waals surface area contributed by atoms with Crippen LogP contribution in [0, 0.1) is 5.82 Å². The fourth-order valence-electron chi connectivity index (χ4n) is 5.20. The van der Waals surface area contributed by atoms with Gasteiger partial charge < -0.3 is 15.0 Å². The molecule has 2 heterocycles. The van der Waals surface area contributed by atoms with E-state index in [9.17, 15) is 12.8 Å². The maximum Gasteiger partial charge on any atom is 0.243 e. The minimum absolute atomic E-state index is 0.185. The average Bonchev–Trinajstić information content (AvgIpc) is 3.25. The van der Waals surface area contributed by atoms with Gasteiger partial charge in [-0.05, 0) is 85.2 Å². The molecule has 11 heteroatoms. The molecule has 5 aromatic rings. The zero-order chi connectivity index (χ0) is 30.7. The van der Waals surface area contributed by atoms with Crippen LogP contribution in [-0.4, -0.2) is 61.0 Å². The van der Waals surface area contributed by atoms with Crippen molar-refractivity contribution in [2.24, 2.45) is 0 Å². The number of sulfonamides is 1. The minimum Gasteiger partial charge on any atom is -0.487 e. The van der Waals surface area contributed by atoms with Gasteiger partial charge in [-0.25, -0.2) is 12.8 Å². The van der Waals surface area contributed by atoms with Crippen LogP contribution in [0.3, 0.4) is 0 Å². The Labute approximate surface area is 261 Å². The quantitative estimate of drug-likeness (QED) is 0.203. The number of nitrogens with zero attached hydrogens (tertiary/aromatic N) is 4. The molecule has 1 aliphatic heterocycles. The Morgan fingerprint density at radius 3 is 2.55 bits per heavy atom. The number of nitrogens with one attached hydrogen (secondary N) is 1. The predicted octanol–water partition coefficient (Wildman–Crippen LogP) is 6.74. The summed E-state index contributed by atoms with van der Waals surface area (Å²) in [6.07, 6.45) is 2.50. The number of likely N-dealkylation sites (N-methyl/N-ethyl adjacent to an activating group) is 1. The molecule has 1 N–H and O–H groups in total. The predicted molar refractivity (Wildman–Crippen MR) is 171 cm³/mol. The highest BCUT2D eigenvalue weighted by atomic mass is 35.5. The van der Waals surface area contributed by atoms with Crippen LogP contribution in [0.5, 0.6) is 5.75 Å². The lowest BCUT2D eigenvalue weighted by Gasteiger charge is -2.20. The average molecular weight is 632 g/mol. The molecule has 0 bridgehead atoms. The van der Waals surface area contributed by atoms with Gasteiger partial charge in [0, 0.05) is 36.1 Å². The SMILES string of the molecule is CN1CCCN(S(=O)(=O)c2ccc(-c3ccc4cnnc(Nc5ccc(OCc6cccc(F)c6)c(Cl)c5)c4c3)cc2)CC1. The largest absolute Gasteiger partial charge is 0.487 e. The Balaban J connectivity index is 1.20. The summed E-state index contributed by atoms with van der Waals surface area (Å²) in [7, 11) is -1.55. The molecule has 0 atom stereocenters. The summed E-state index contributed by atoms with van der Waals surface area (Å²) in [4.78, 5) is 2.45.